The van der Waals surface area contributed by atoms with Crippen LogP contribution in [0.15, 0.2) is 30.3 Å². The molecule has 1 aliphatic rings. The second-order valence-corrected chi connectivity index (χ2v) is 9.96. The average molecular weight is 552 g/mol. The van der Waals surface area contributed by atoms with E-state index in [1.165, 1.54) is 10.9 Å². The van der Waals surface area contributed by atoms with Crippen LogP contribution in [0.25, 0.3) is 0 Å². The Morgan fingerprint density at radius 3 is 2.61 bits per heavy atom. The highest BCUT2D eigenvalue weighted by Crippen LogP contribution is 2.43. The van der Waals surface area contributed by atoms with Crippen molar-refractivity contribution in [1.29, 1.82) is 0 Å². The minimum absolute atomic E-state index is 0.00192. The van der Waals surface area contributed by atoms with Crippen molar-refractivity contribution < 1.29 is 22.7 Å². The Morgan fingerprint density at radius 1 is 1.26 bits per heavy atom. The Labute approximate surface area is 223 Å². The molecule has 0 N–H and O–H groups in total. The smallest absolute Gasteiger partial charge is 0.416 e. The SMILES string of the molecule is CC[C@@H]1C[C@H](N(Cc2cc(Cl)cc(C(F)(F)F)c2)c2nnn(C)n2)c2nc(C)ccc2N1C(=O)OC(C)C. The van der Waals surface area contributed by atoms with Crippen LogP contribution < -0.4 is 9.80 Å². The van der Waals surface area contributed by atoms with Crippen molar-refractivity contribution in [3.8, 4) is 0 Å². The van der Waals surface area contributed by atoms with E-state index in [1.54, 1.807) is 36.8 Å². The second-order valence-electron chi connectivity index (χ2n) is 9.53. The van der Waals surface area contributed by atoms with Crippen LogP contribution in [-0.4, -0.2) is 43.4 Å². The number of hydrogen-bond acceptors (Lipinski definition) is 7. The van der Waals surface area contributed by atoms with Crippen LogP contribution in [0.1, 0.15) is 62.2 Å². The maximum atomic E-state index is 13.5. The number of amides is 1. The Kier molecular flexibility index (Phi) is 7.82. The number of rotatable bonds is 6. The summed E-state index contributed by atoms with van der Waals surface area (Å²) in [6, 6.07) is 6.31. The molecule has 0 radical (unpaired) electrons. The first kappa shape index (κ1) is 27.6. The molecule has 4 rings (SSSR count). The molecule has 9 nitrogen and oxygen atoms in total. The van der Waals surface area contributed by atoms with E-state index >= 15 is 0 Å². The third-order valence-electron chi connectivity index (χ3n) is 6.25. The van der Waals surface area contributed by atoms with E-state index in [9.17, 15) is 18.0 Å². The fourth-order valence-electron chi connectivity index (χ4n) is 4.63. The summed E-state index contributed by atoms with van der Waals surface area (Å²) in [5.74, 6) is 0.216. The van der Waals surface area contributed by atoms with Crippen molar-refractivity contribution in [1.82, 2.24) is 25.2 Å². The fourth-order valence-corrected chi connectivity index (χ4v) is 4.89. The van der Waals surface area contributed by atoms with Crippen LogP contribution in [0.2, 0.25) is 5.02 Å². The maximum Gasteiger partial charge on any atom is 0.416 e. The van der Waals surface area contributed by atoms with Gasteiger partial charge in [0, 0.05) is 23.3 Å². The predicted octanol–water partition coefficient (Wildman–Crippen LogP) is 5.87. The van der Waals surface area contributed by atoms with Crippen LogP contribution in [0.5, 0.6) is 0 Å². The van der Waals surface area contributed by atoms with Gasteiger partial charge in [0.15, 0.2) is 0 Å². The molecule has 1 aromatic carbocycles. The van der Waals surface area contributed by atoms with Crippen molar-refractivity contribution >= 4 is 29.3 Å². The van der Waals surface area contributed by atoms with Gasteiger partial charge in [-0.25, -0.2) is 4.79 Å². The number of aryl methyl sites for hydroxylation is 2. The molecule has 2 atom stereocenters. The summed E-state index contributed by atoms with van der Waals surface area (Å²) in [6.07, 6.45) is -4.33. The molecule has 204 valence electrons. The minimum atomic E-state index is -4.56. The van der Waals surface area contributed by atoms with Gasteiger partial charge in [-0.2, -0.15) is 18.0 Å². The Hall–Kier alpha value is -3.41. The summed E-state index contributed by atoms with van der Waals surface area (Å²) in [5, 5.41) is 12.4. The lowest BCUT2D eigenvalue weighted by Gasteiger charge is -2.43. The standard InChI is InChI=1S/C25H29ClF3N7O2/c1-6-19-12-21(22-20(8-7-15(4)30-22)36(19)24(37)38-14(2)3)35(23-31-33-34(5)32-23)13-16-9-17(25(27,28)29)11-18(26)10-16/h7-11,14,19,21H,6,12-13H2,1-5H3/t19-,21+/m1/s1. The molecule has 3 heterocycles. The number of aromatic nitrogens is 5. The van der Waals surface area contributed by atoms with E-state index in [4.69, 9.17) is 21.3 Å². The van der Waals surface area contributed by atoms with Gasteiger partial charge in [0.05, 0.1) is 36.1 Å². The quantitative estimate of drug-likeness (QED) is 0.378. The van der Waals surface area contributed by atoms with Crippen LogP contribution in [0.3, 0.4) is 0 Å². The van der Waals surface area contributed by atoms with Gasteiger partial charge in [0.1, 0.15) is 0 Å². The van der Waals surface area contributed by atoms with Crippen LogP contribution in [-0.2, 0) is 24.5 Å². The molecule has 13 heteroatoms. The molecular formula is C25H29ClF3N7O2. The topological polar surface area (TPSA) is 89.3 Å². The van der Waals surface area contributed by atoms with Gasteiger partial charge in [-0.15, -0.1) is 5.10 Å². The number of carbonyl (C=O) groups excluding carboxylic acids is 1. The number of hydrogen-bond donors (Lipinski definition) is 0. The fraction of sp³-hybridized carbons (Fsp3) is 0.480. The van der Waals surface area contributed by atoms with E-state index in [1.807, 2.05) is 19.9 Å². The summed E-state index contributed by atoms with van der Waals surface area (Å²) in [5.41, 5.74) is 1.33. The molecule has 0 spiro atoms. The van der Waals surface area contributed by atoms with Crippen molar-refractivity contribution in [3.05, 3.63) is 57.9 Å². The lowest BCUT2D eigenvalue weighted by Crippen LogP contribution is -2.48. The summed E-state index contributed by atoms with van der Waals surface area (Å²) in [7, 11) is 1.60. The molecule has 3 aromatic rings. The number of ether oxygens (including phenoxy) is 1. The maximum absolute atomic E-state index is 13.5. The minimum Gasteiger partial charge on any atom is -0.446 e. The van der Waals surface area contributed by atoms with Crippen molar-refractivity contribution in [2.75, 3.05) is 9.80 Å². The molecule has 0 fully saturated rings. The molecule has 2 aromatic heterocycles. The van der Waals surface area contributed by atoms with Crippen molar-refractivity contribution in [2.24, 2.45) is 7.05 Å². The first-order chi connectivity index (χ1) is 17.9. The van der Waals surface area contributed by atoms with Gasteiger partial charge >= 0.3 is 12.3 Å². The third-order valence-corrected chi connectivity index (χ3v) is 6.47. The van der Waals surface area contributed by atoms with Gasteiger partial charge in [-0.1, -0.05) is 23.6 Å². The van der Waals surface area contributed by atoms with Crippen LogP contribution in [0, 0.1) is 6.92 Å². The zero-order chi connectivity index (χ0) is 27.8. The molecule has 38 heavy (non-hydrogen) atoms. The molecule has 0 bridgehead atoms. The van der Waals surface area contributed by atoms with Crippen LogP contribution >= 0.6 is 11.6 Å². The van der Waals surface area contributed by atoms with Gasteiger partial charge in [-0.3, -0.25) is 9.88 Å². The normalized spacial score (nSPS) is 17.5. The zero-order valence-corrected chi connectivity index (χ0v) is 22.5. The molecular weight excluding hydrogens is 523 g/mol. The summed E-state index contributed by atoms with van der Waals surface area (Å²) in [4.78, 5) is 22.6. The molecule has 0 saturated heterocycles. The third kappa shape index (κ3) is 5.85. The first-order valence-corrected chi connectivity index (χ1v) is 12.6. The first-order valence-electron chi connectivity index (χ1n) is 12.2. The van der Waals surface area contributed by atoms with Crippen molar-refractivity contribution in [2.45, 2.75) is 71.4 Å². The number of carbonyl (C=O) groups is 1. The highest BCUT2D eigenvalue weighted by Gasteiger charge is 2.41. The van der Waals surface area contributed by atoms with Gasteiger partial charge < -0.3 is 9.64 Å². The Bertz CT molecular complexity index is 1310. The van der Waals surface area contributed by atoms with Gasteiger partial charge in [-0.05, 0) is 74.7 Å². The largest absolute Gasteiger partial charge is 0.446 e. The zero-order valence-electron chi connectivity index (χ0n) is 21.7. The van der Waals surface area contributed by atoms with E-state index < -0.39 is 23.9 Å². The number of benzene rings is 1. The highest BCUT2D eigenvalue weighted by molar-refractivity contribution is 6.30. The number of pyridine rings is 1. The van der Waals surface area contributed by atoms with E-state index in [0.29, 0.717) is 29.8 Å². The van der Waals surface area contributed by atoms with E-state index in [-0.39, 0.29) is 29.7 Å². The average Bonchev–Trinajstić information content (AvgIpc) is 3.26. The lowest BCUT2D eigenvalue weighted by atomic mass is 9.92. The second kappa shape index (κ2) is 10.8. The van der Waals surface area contributed by atoms with E-state index in [0.717, 1.165) is 17.8 Å². The lowest BCUT2D eigenvalue weighted by molar-refractivity contribution is -0.137. The number of nitrogens with zero attached hydrogens (tertiary/aromatic N) is 7. The van der Waals surface area contributed by atoms with Gasteiger partial charge in [0.25, 0.3) is 5.95 Å². The summed E-state index contributed by atoms with van der Waals surface area (Å²) in [6.45, 7) is 7.35. The molecule has 0 unspecified atom stereocenters. The monoisotopic (exact) mass is 551 g/mol. The van der Waals surface area contributed by atoms with Gasteiger partial charge in [0.2, 0.25) is 0 Å². The molecule has 1 aliphatic heterocycles. The highest BCUT2D eigenvalue weighted by atomic mass is 35.5. The summed E-state index contributed by atoms with van der Waals surface area (Å²) < 4.78 is 46.2. The Morgan fingerprint density at radius 2 is 2.00 bits per heavy atom. The number of anilines is 2. The number of tetrazole rings is 1. The number of halogens is 4. The predicted molar refractivity (Wildman–Crippen MR) is 136 cm³/mol. The van der Waals surface area contributed by atoms with Crippen molar-refractivity contribution in [3.63, 3.8) is 0 Å². The molecule has 1 amide bonds. The molecule has 0 aliphatic carbocycles. The van der Waals surface area contributed by atoms with Crippen LogP contribution in [0.4, 0.5) is 29.6 Å². The molecule has 0 saturated carbocycles. The summed E-state index contributed by atoms with van der Waals surface area (Å²) >= 11 is 6.08. The number of alkyl halides is 3. The van der Waals surface area contributed by atoms with E-state index in [2.05, 4.69) is 15.4 Å². The number of fused-ring (bicyclic) bond motifs is 1. The Balaban J connectivity index is 1.84.